The van der Waals surface area contributed by atoms with E-state index in [9.17, 15) is 14.0 Å². The third-order valence-corrected chi connectivity index (χ3v) is 8.13. The fraction of sp³-hybridized carbons (Fsp3) is 0.286. The first-order chi connectivity index (χ1) is 16.8. The summed E-state index contributed by atoms with van der Waals surface area (Å²) < 4.78 is 14.5. The molecule has 5 rings (SSSR count). The summed E-state index contributed by atoms with van der Waals surface area (Å²) >= 11 is 1.46. The van der Waals surface area contributed by atoms with E-state index in [1.165, 1.54) is 23.4 Å². The lowest BCUT2D eigenvalue weighted by Crippen LogP contribution is -2.51. The largest absolute Gasteiger partial charge is 0.323 e. The molecule has 5 nitrogen and oxygen atoms in total. The topological polar surface area (TPSA) is 52.7 Å². The Hall–Kier alpha value is -3.32. The van der Waals surface area contributed by atoms with Gasteiger partial charge in [0.25, 0.3) is 5.91 Å². The number of carbonyl (C=O) groups is 2. The van der Waals surface area contributed by atoms with Crippen molar-refractivity contribution >= 4 is 35.1 Å². The first-order valence-electron chi connectivity index (χ1n) is 11.8. The van der Waals surface area contributed by atoms with Crippen LogP contribution in [0.4, 0.5) is 20.6 Å². The number of fused-ring (bicyclic) bond motifs is 2. The van der Waals surface area contributed by atoms with Gasteiger partial charge in [-0.2, -0.15) is 0 Å². The maximum Gasteiger partial charge on any atom is 0.323 e. The number of aryl methyl sites for hydroxylation is 1. The van der Waals surface area contributed by atoms with Gasteiger partial charge in [0.15, 0.2) is 4.87 Å². The Balaban J connectivity index is 1.50. The molecule has 7 heteroatoms. The summed E-state index contributed by atoms with van der Waals surface area (Å²) in [7, 11) is 0. The summed E-state index contributed by atoms with van der Waals surface area (Å²) in [6.07, 6.45) is 0. The molecule has 1 fully saturated rings. The third kappa shape index (κ3) is 3.97. The average molecular weight is 490 g/mol. The summed E-state index contributed by atoms with van der Waals surface area (Å²) in [6.45, 7) is 6.76. The number of urea groups is 1. The fourth-order valence-corrected chi connectivity index (χ4v) is 6.28. The SMILES string of the molecule is Cc1ccc2c(c1)C1(SCCN1C(=O)Nc1ccc(C(C)C)cc1)C(=O)N2Cc1ccccc1F. The van der Waals surface area contributed by atoms with E-state index < -0.39 is 4.87 Å². The molecule has 1 unspecified atom stereocenters. The molecule has 35 heavy (non-hydrogen) atoms. The molecule has 1 N–H and O–H groups in total. The van der Waals surface area contributed by atoms with Crippen LogP contribution >= 0.6 is 11.8 Å². The minimum atomic E-state index is -1.17. The minimum absolute atomic E-state index is 0.107. The zero-order valence-corrected chi connectivity index (χ0v) is 20.9. The Bertz CT molecular complexity index is 1290. The molecule has 0 bridgehead atoms. The van der Waals surface area contributed by atoms with E-state index in [0.717, 1.165) is 16.8 Å². The highest BCUT2D eigenvalue weighted by Gasteiger charge is 2.59. The fourth-order valence-electron chi connectivity index (χ4n) is 4.83. The molecule has 0 radical (unpaired) electrons. The molecule has 180 valence electrons. The van der Waals surface area contributed by atoms with Crippen LogP contribution in [0.5, 0.6) is 0 Å². The molecule has 0 aliphatic carbocycles. The zero-order chi connectivity index (χ0) is 24.7. The van der Waals surface area contributed by atoms with Gasteiger partial charge in [0.2, 0.25) is 0 Å². The molecule has 3 amide bonds. The lowest BCUT2D eigenvalue weighted by Gasteiger charge is -2.33. The zero-order valence-electron chi connectivity index (χ0n) is 20.0. The second-order valence-electron chi connectivity index (χ2n) is 9.35. The molecule has 1 spiro atoms. The quantitative estimate of drug-likeness (QED) is 0.472. The lowest BCUT2D eigenvalue weighted by molar-refractivity contribution is -0.123. The van der Waals surface area contributed by atoms with Gasteiger partial charge < -0.3 is 10.2 Å². The number of nitrogens with zero attached hydrogens (tertiary/aromatic N) is 2. The number of anilines is 2. The second-order valence-corrected chi connectivity index (χ2v) is 10.6. The Kier molecular flexibility index (Phi) is 6.05. The summed E-state index contributed by atoms with van der Waals surface area (Å²) in [6, 6.07) is 19.8. The molecule has 2 heterocycles. The van der Waals surface area contributed by atoms with Crippen LogP contribution in [-0.4, -0.2) is 29.1 Å². The Morgan fingerprint density at radius 2 is 1.86 bits per heavy atom. The number of amides is 3. The molecule has 3 aromatic rings. The Labute approximate surface area is 209 Å². The number of rotatable bonds is 4. The van der Waals surface area contributed by atoms with E-state index in [-0.39, 0.29) is 24.3 Å². The number of halogens is 1. The van der Waals surface area contributed by atoms with Gasteiger partial charge in [-0.15, -0.1) is 11.8 Å². The van der Waals surface area contributed by atoms with Crippen molar-refractivity contribution in [2.24, 2.45) is 0 Å². The smallest absolute Gasteiger partial charge is 0.308 e. The molecule has 3 aromatic carbocycles. The number of hydrogen-bond acceptors (Lipinski definition) is 3. The maximum atomic E-state index is 14.5. The molecule has 2 aliphatic rings. The maximum absolute atomic E-state index is 14.5. The minimum Gasteiger partial charge on any atom is -0.308 e. The van der Waals surface area contributed by atoms with Gasteiger partial charge in [-0.1, -0.05) is 61.9 Å². The lowest BCUT2D eigenvalue weighted by atomic mass is 10.0. The van der Waals surface area contributed by atoms with Crippen LogP contribution in [0, 0.1) is 12.7 Å². The van der Waals surface area contributed by atoms with Crippen molar-refractivity contribution in [3.63, 3.8) is 0 Å². The number of nitrogens with one attached hydrogen (secondary N) is 1. The first-order valence-corrected chi connectivity index (χ1v) is 12.8. The van der Waals surface area contributed by atoms with Crippen LogP contribution in [0.2, 0.25) is 0 Å². The standard InChI is InChI=1S/C28H28FN3O2S/c1-18(2)20-9-11-22(12-10-20)30-27(34)32-14-15-35-28(32)23-16-19(3)8-13-25(23)31(26(28)33)17-21-6-4-5-7-24(21)29/h4-13,16,18H,14-15,17H2,1-3H3,(H,30,34). The molecule has 0 saturated carbocycles. The Morgan fingerprint density at radius 1 is 1.11 bits per heavy atom. The van der Waals surface area contributed by atoms with E-state index in [0.29, 0.717) is 29.5 Å². The van der Waals surface area contributed by atoms with Gasteiger partial charge >= 0.3 is 6.03 Å². The average Bonchev–Trinajstić information content (AvgIpc) is 3.38. The van der Waals surface area contributed by atoms with Gasteiger partial charge in [-0.25, -0.2) is 9.18 Å². The van der Waals surface area contributed by atoms with Crippen molar-refractivity contribution in [3.8, 4) is 0 Å². The molecular formula is C28H28FN3O2S. The summed E-state index contributed by atoms with van der Waals surface area (Å²) in [5, 5.41) is 2.98. The van der Waals surface area contributed by atoms with Crippen LogP contribution in [0.25, 0.3) is 0 Å². The van der Waals surface area contributed by atoms with Gasteiger partial charge in [-0.05, 0) is 42.7 Å². The highest BCUT2D eigenvalue weighted by Crippen LogP contribution is 2.54. The predicted molar refractivity (Wildman–Crippen MR) is 139 cm³/mol. The normalized spacial score (nSPS) is 19.1. The predicted octanol–water partition coefficient (Wildman–Crippen LogP) is 6.24. The first kappa shape index (κ1) is 23.4. The van der Waals surface area contributed by atoms with Gasteiger partial charge in [0, 0.05) is 29.1 Å². The van der Waals surface area contributed by atoms with Crippen LogP contribution in [-0.2, 0) is 16.2 Å². The highest BCUT2D eigenvalue weighted by molar-refractivity contribution is 8.01. The number of benzene rings is 3. The summed E-state index contributed by atoms with van der Waals surface area (Å²) in [5.41, 5.74) is 4.82. The van der Waals surface area contributed by atoms with Crippen LogP contribution in [0.3, 0.4) is 0 Å². The van der Waals surface area contributed by atoms with E-state index >= 15 is 0 Å². The third-order valence-electron chi connectivity index (χ3n) is 6.71. The summed E-state index contributed by atoms with van der Waals surface area (Å²) in [5.74, 6) is 0.462. The van der Waals surface area contributed by atoms with E-state index in [2.05, 4.69) is 19.2 Å². The molecule has 2 aliphatic heterocycles. The molecular weight excluding hydrogens is 461 g/mol. The Morgan fingerprint density at radius 3 is 2.57 bits per heavy atom. The van der Waals surface area contributed by atoms with Crippen LogP contribution < -0.4 is 10.2 Å². The van der Waals surface area contributed by atoms with Gasteiger partial charge in [0.05, 0.1) is 12.2 Å². The van der Waals surface area contributed by atoms with Crippen molar-refractivity contribution in [1.82, 2.24) is 4.90 Å². The van der Waals surface area contributed by atoms with E-state index in [1.807, 2.05) is 49.4 Å². The number of thioether (sulfide) groups is 1. The van der Waals surface area contributed by atoms with E-state index in [1.54, 1.807) is 28.0 Å². The molecule has 1 atom stereocenters. The van der Waals surface area contributed by atoms with Crippen LogP contribution in [0.15, 0.2) is 66.7 Å². The van der Waals surface area contributed by atoms with Crippen molar-refractivity contribution in [1.29, 1.82) is 0 Å². The van der Waals surface area contributed by atoms with Crippen molar-refractivity contribution < 1.29 is 14.0 Å². The second kappa shape index (κ2) is 9.04. The van der Waals surface area contributed by atoms with Crippen molar-refractivity contribution in [2.45, 2.75) is 38.1 Å². The number of hydrogen-bond donors (Lipinski definition) is 1. The number of carbonyl (C=O) groups excluding carboxylic acids is 2. The van der Waals surface area contributed by atoms with E-state index in [4.69, 9.17) is 0 Å². The highest BCUT2D eigenvalue weighted by atomic mass is 32.2. The van der Waals surface area contributed by atoms with Gasteiger partial charge in [0.1, 0.15) is 5.82 Å². The molecule has 0 aromatic heterocycles. The van der Waals surface area contributed by atoms with Crippen LogP contribution in [0.1, 0.15) is 42.0 Å². The molecule has 1 saturated heterocycles. The van der Waals surface area contributed by atoms with Crippen molar-refractivity contribution in [2.75, 3.05) is 22.5 Å². The van der Waals surface area contributed by atoms with Gasteiger partial charge in [-0.3, -0.25) is 9.69 Å². The van der Waals surface area contributed by atoms with Crippen molar-refractivity contribution in [3.05, 3.63) is 94.8 Å². The summed E-state index contributed by atoms with van der Waals surface area (Å²) in [4.78, 5) is 29.7. The monoisotopic (exact) mass is 489 g/mol.